The van der Waals surface area contributed by atoms with Crippen LogP contribution in [0, 0.1) is 0 Å². The summed E-state index contributed by atoms with van der Waals surface area (Å²) in [6.07, 6.45) is 3.47. The van der Waals surface area contributed by atoms with Crippen LogP contribution in [0.25, 0.3) is 0 Å². The first-order valence-electron chi connectivity index (χ1n) is 5.79. The van der Waals surface area contributed by atoms with Crippen LogP contribution in [0.5, 0.6) is 0 Å². The van der Waals surface area contributed by atoms with Crippen molar-refractivity contribution in [2.24, 2.45) is 0 Å². The van der Waals surface area contributed by atoms with E-state index in [9.17, 15) is 4.79 Å². The number of carbonyl (C=O) groups is 1. The van der Waals surface area contributed by atoms with Gasteiger partial charge in [0.25, 0.3) is 0 Å². The third kappa shape index (κ3) is 3.00. The second-order valence-electron chi connectivity index (χ2n) is 4.43. The molecule has 94 valence electrons. The fourth-order valence-electron chi connectivity index (χ4n) is 1.91. The molecule has 1 atom stereocenters. The Morgan fingerprint density at radius 1 is 1.59 bits per heavy atom. The maximum absolute atomic E-state index is 10.4. The highest BCUT2D eigenvalue weighted by molar-refractivity contribution is 8.00. The summed E-state index contributed by atoms with van der Waals surface area (Å²) in [5, 5.41) is 16.6. The van der Waals surface area contributed by atoms with Crippen molar-refractivity contribution in [3.8, 4) is 0 Å². The summed E-state index contributed by atoms with van der Waals surface area (Å²) in [5.41, 5.74) is 0. The monoisotopic (exact) mass is 256 g/mol. The Hall–Kier alpha value is -1.04. The van der Waals surface area contributed by atoms with Crippen LogP contribution in [0.2, 0.25) is 0 Å². The molecule has 0 spiro atoms. The van der Waals surface area contributed by atoms with Crippen molar-refractivity contribution in [2.45, 2.75) is 43.8 Å². The average Bonchev–Trinajstić information content (AvgIpc) is 2.87. The molecule has 1 saturated heterocycles. The molecule has 6 heteroatoms. The van der Waals surface area contributed by atoms with Crippen molar-refractivity contribution in [1.82, 2.24) is 10.2 Å². The number of nitrogens with zero attached hydrogens (tertiary/aromatic N) is 2. The molecule has 1 aliphatic heterocycles. The topological polar surface area (TPSA) is 76.2 Å². The highest BCUT2D eigenvalue weighted by atomic mass is 32.2. The third-order valence-electron chi connectivity index (χ3n) is 2.92. The van der Waals surface area contributed by atoms with Gasteiger partial charge >= 0.3 is 5.97 Å². The molecular weight excluding hydrogens is 240 g/mol. The van der Waals surface area contributed by atoms with Crippen LogP contribution in [-0.2, 0) is 16.0 Å². The van der Waals surface area contributed by atoms with Crippen molar-refractivity contribution >= 4 is 17.7 Å². The van der Waals surface area contributed by atoms with Gasteiger partial charge in [0.2, 0.25) is 11.8 Å². The molecule has 0 saturated carbocycles. The zero-order chi connectivity index (χ0) is 12.3. The van der Waals surface area contributed by atoms with Gasteiger partial charge in [-0.05, 0) is 31.9 Å². The van der Waals surface area contributed by atoms with Gasteiger partial charge in [-0.3, -0.25) is 4.79 Å². The summed E-state index contributed by atoms with van der Waals surface area (Å²) in [6.45, 7) is 2.12. The average molecular weight is 256 g/mol. The number of carboxylic acid groups (broad SMARTS) is 1. The number of carboxylic acids is 1. The van der Waals surface area contributed by atoms with Crippen LogP contribution in [0.4, 0.5) is 0 Å². The number of aliphatic carboxylic acids is 1. The van der Waals surface area contributed by atoms with E-state index in [1.165, 1.54) is 6.42 Å². The molecule has 2 heterocycles. The molecule has 17 heavy (non-hydrogen) atoms. The largest absolute Gasteiger partial charge is 0.481 e. The molecule has 0 bridgehead atoms. The summed E-state index contributed by atoms with van der Waals surface area (Å²) in [6, 6.07) is 0. The first-order chi connectivity index (χ1) is 8.10. The Morgan fingerprint density at radius 2 is 2.41 bits per heavy atom. The lowest BCUT2D eigenvalue weighted by Gasteiger charge is -2.16. The van der Waals surface area contributed by atoms with Gasteiger partial charge in [0.1, 0.15) is 0 Å². The lowest BCUT2D eigenvalue weighted by Crippen LogP contribution is -2.13. The van der Waals surface area contributed by atoms with E-state index in [0.717, 1.165) is 12.2 Å². The minimum absolute atomic E-state index is 0.0436. The van der Waals surface area contributed by atoms with Crippen molar-refractivity contribution in [1.29, 1.82) is 0 Å². The molecule has 1 aliphatic rings. The van der Waals surface area contributed by atoms with Gasteiger partial charge in [-0.2, -0.15) is 0 Å². The van der Waals surface area contributed by atoms with Crippen LogP contribution < -0.4 is 0 Å². The molecule has 0 aliphatic carbocycles. The lowest BCUT2D eigenvalue weighted by molar-refractivity contribution is -0.137. The molecule has 1 aromatic rings. The van der Waals surface area contributed by atoms with Crippen molar-refractivity contribution < 1.29 is 14.3 Å². The second kappa shape index (κ2) is 5.08. The van der Waals surface area contributed by atoms with Gasteiger partial charge in [0, 0.05) is 12.8 Å². The Kier molecular flexibility index (Phi) is 3.71. The van der Waals surface area contributed by atoms with Gasteiger partial charge < -0.3 is 9.52 Å². The molecular formula is C11H16N2O3S. The van der Waals surface area contributed by atoms with E-state index >= 15 is 0 Å². The number of aromatic nitrogens is 2. The zero-order valence-corrected chi connectivity index (χ0v) is 10.6. The fourth-order valence-corrected chi connectivity index (χ4v) is 3.14. The van der Waals surface area contributed by atoms with Crippen LogP contribution in [0.3, 0.4) is 0 Å². The first-order valence-corrected chi connectivity index (χ1v) is 6.77. The quantitative estimate of drug-likeness (QED) is 0.870. The third-order valence-corrected chi connectivity index (χ3v) is 4.43. The maximum atomic E-state index is 10.4. The SMILES string of the molecule is CC1(c2nnc(CCCC(=O)O)o2)CCCS1. The van der Waals surface area contributed by atoms with Crippen molar-refractivity contribution in [3.63, 3.8) is 0 Å². The normalized spacial score (nSPS) is 24.1. The predicted octanol–water partition coefficient (Wildman–Crippen LogP) is 2.22. The van der Waals surface area contributed by atoms with E-state index in [1.54, 1.807) is 0 Å². The molecule has 1 fully saturated rings. The number of aryl methyl sites for hydroxylation is 1. The van der Waals surface area contributed by atoms with Gasteiger partial charge in [-0.15, -0.1) is 22.0 Å². The van der Waals surface area contributed by atoms with Crippen LogP contribution in [-0.4, -0.2) is 27.0 Å². The molecule has 1 aromatic heterocycles. The van der Waals surface area contributed by atoms with E-state index in [0.29, 0.717) is 24.6 Å². The molecule has 1 unspecified atom stereocenters. The summed E-state index contributed by atoms with van der Waals surface area (Å²) < 4.78 is 5.57. The second-order valence-corrected chi connectivity index (χ2v) is 6.03. The van der Waals surface area contributed by atoms with Crippen LogP contribution >= 0.6 is 11.8 Å². The van der Waals surface area contributed by atoms with Gasteiger partial charge in [0.15, 0.2) is 0 Å². The number of hydrogen-bond acceptors (Lipinski definition) is 5. The van der Waals surface area contributed by atoms with E-state index in [4.69, 9.17) is 9.52 Å². The summed E-state index contributed by atoms with van der Waals surface area (Å²) in [7, 11) is 0. The molecule has 0 radical (unpaired) electrons. The Morgan fingerprint density at radius 3 is 3.06 bits per heavy atom. The smallest absolute Gasteiger partial charge is 0.303 e. The molecule has 0 amide bonds. The standard InChI is InChI=1S/C11H16N2O3S/c1-11(6-3-7-17-11)10-13-12-8(16-10)4-2-5-9(14)15/h2-7H2,1H3,(H,14,15). The summed E-state index contributed by atoms with van der Waals surface area (Å²) in [4.78, 5) is 10.4. The Balaban J connectivity index is 1.93. The zero-order valence-electron chi connectivity index (χ0n) is 9.81. The molecule has 5 nitrogen and oxygen atoms in total. The minimum atomic E-state index is -0.789. The van der Waals surface area contributed by atoms with E-state index in [-0.39, 0.29) is 11.2 Å². The first kappa shape index (κ1) is 12.4. The van der Waals surface area contributed by atoms with Crippen molar-refractivity contribution in [3.05, 3.63) is 11.8 Å². The molecule has 1 N–H and O–H groups in total. The Labute approximate surface area is 104 Å². The van der Waals surface area contributed by atoms with Crippen LogP contribution in [0.1, 0.15) is 44.4 Å². The molecule has 2 rings (SSSR count). The summed E-state index contributed by atoms with van der Waals surface area (Å²) in [5.74, 6) is 1.58. The number of thioether (sulfide) groups is 1. The summed E-state index contributed by atoms with van der Waals surface area (Å²) >= 11 is 1.85. The van der Waals surface area contributed by atoms with E-state index < -0.39 is 5.97 Å². The minimum Gasteiger partial charge on any atom is -0.481 e. The van der Waals surface area contributed by atoms with Gasteiger partial charge in [-0.1, -0.05) is 0 Å². The lowest BCUT2D eigenvalue weighted by atomic mass is 10.1. The number of rotatable bonds is 5. The van der Waals surface area contributed by atoms with Crippen molar-refractivity contribution in [2.75, 3.05) is 5.75 Å². The Bertz CT molecular complexity index is 399. The van der Waals surface area contributed by atoms with E-state index in [1.807, 2.05) is 11.8 Å². The highest BCUT2D eigenvalue weighted by Gasteiger charge is 2.36. The fraction of sp³-hybridized carbons (Fsp3) is 0.727. The highest BCUT2D eigenvalue weighted by Crippen LogP contribution is 2.45. The van der Waals surface area contributed by atoms with Gasteiger partial charge in [-0.25, -0.2) is 0 Å². The predicted molar refractivity (Wildman–Crippen MR) is 63.9 cm³/mol. The van der Waals surface area contributed by atoms with E-state index in [2.05, 4.69) is 17.1 Å². The number of hydrogen-bond donors (Lipinski definition) is 1. The maximum Gasteiger partial charge on any atom is 0.303 e. The molecule has 0 aromatic carbocycles. The van der Waals surface area contributed by atoms with Crippen LogP contribution in [0.15, 0.2) is 4.42 Å². The van der Waals surface area contributed by atoms with Gasteiger partial charge in [0.05, 0.1) is 4.75 Å².